The van der Waals surface area contributed by atoms with E-state index < -0.39 is 63.0 Å². The van der Waals surface area contributed by atoms with Gasteiger partial charge in [-0.2, -0.15) is 14.4 Å². The zero-order valence-electron chi connectivity index (χ0n) is 27.2. The maximum absolute atomic E-state index is 13.9. The van der Waals surface area contributed by atoms with Gasteiger partial charge in [0, 0.05) is 6.42 Å². The number of phosphoric ester groups is 1. The van der Waals surface area contributed by atoms with Crippen LogP contribution in [0.3, 0.4) is 0 Å². The molecular weight excluding hydrogens is 662 g/mol. The highest BCUT2D eigenvalue weighted by Gasteiger charge is 2.51. The van der Waals surface area contributed by atoms with E-state index in [4.69, 9.17) is 40.9 Å². The summed E-state index contributed by atoms with van der Waals surface area (Å²) in [5.41, 5.74) is 10.6. The number of fused-ring (bicyclic) bond motifs is 1. The molecule has 0 aliphatic carbocycles. The Hall–Kier alpha value is -3.97. The molecule has 0 saturated carbocycles. The number of phosphoric acid groups is 1. The van der Waals surface area contributed by atoms with E-state index in [1.165, 1.54) is 17.3 Å². The number of hydrogen-bond acceptors (Lipinski definition) is 14. The molecular formula is C32H42FN6O9P. The van der Waals surface area contributed by atoms with Gasteiger partial charge in [-0.3, -0.25) is 13.6 Å². The number of carbonyl (C=O) groups excluding carboxylic acids is 2. The van der Waals surface area contributed by atoms with Gasteiger partial charge < -0.3 is 30.6 Å². The fourth-order valence-corrected chi connectivity index (χ4v) is 6.31. The van der Waals surface area contributed by atoms with Crippen molar-refractivity contribution in [3.8, 4) is 12.3 Å². The number of unbranched alkanes of at least 4 members (excludes halogenated alkanes) is 6. The number of nitrogens with two attached hydrogens (primary N) is 2. The van der Waals surface area contributed by atoms with Crippen molar-refractivity contribution in [2.75, 3.05) is 25.6 Å². The number of rotatable bonds is 19. The molecule has 5 atom stereocenters. The number of hydrogen-bond donors (Lipinski definition) is 3. The van der Waals surface area contributed by atoms with E-state index >= 15 is 0 Å². The van der Waals surface area contributed by atoms with Crippen molar-refractivity contribution in [2.24, 2.45) is 5.73 Å². The average molecular weight is 705 g/mol. The maximum Gasteiger partial charge on any atom is 0.533 e. The monoisotopic (exact) mass is 704 g/mol. The van der Waals surface area contributed by atoms with Crippen LogP contribution in [0.15, 0.2) is 36.7 Å². The molecule has 49 heavy (non-hydrogen) atoms. The number of anilines is 1. The van der Waals surface area contributed by atoms with Crippen LogP contribution in [0.5, 0.6) is 0 Å². The van der Waals surface area contributed by atoms with Crippen molar-refractivity contribution in [1.29, 1.82) is 0 Å². The van der Waals surface area contributed by atoms with Crippen LogP contribution in [0.25, 0.3) is 11.2 Å². The van der Waals surface area contributed by atoms with E-state index in [0.717, 1.165) is 32.1 Å². The fraction of sp³-hybridized carbons (Fsp3) is 0.531. The second kappa shape index (κ2) is 17.6. The lowest BCUT2D eigenvalue weighted by Gasteiger charge is -2.28. The maximum atomic E-state index is 13.9. The first kappa shape index (κ1) is 37.8. The lowest BCUT2D eigenvalue weighted by molar-refractivity contribution is -0.149. The number of imidazole rings is 1. The van der Waals surface area contributed by atoms with Gasteiger partial charge in [-0.1, -0.05) is 81.7 Å². The molecule has 1 aliphatic heterocycles. The summed E-state index contributed by atoms with van der Waals surface area (Å²) in [5.74, 6) is 0.0689. The number of esters is 1. The predicted octanol–water partition coefficient (Wildman–Crippen LogP) is 3.75. The van der Waals surface area contributed by atoms with Crippen molar-refractivity contribution < 1.29 is 46.7 Å². The smallest absolute Gasteiger partial charge is 0.464 e. The number of aromatic nitrogens is 4. The topological polar surface area (TPSA) is 213 Å². The highest BCUT2D eigenvalue weighted by atomic mass is 31.2. The van der Waals surface area contributed by atoms with Crippen molar-refractivity contribution in [3.63, 3.8) is 0 Å². The Balaban J connectivity index is 1.42. The standard InChI is InChI=1S/C32H42FN6O9P/c1-3-5-6-7-8-9-13-16-44-26(41)19-45-49(43,48-30(42)23(34)17-22-14-11-10-12-15-22)46-20-32(4-2)24(40)18-25(47-32)39-21-36-27-28(35)37-31(33)38-29(27)39/h2,10-12,14-15,21,23-25,40H,3,5-9,13,16-20,34H2,1H3,(H2,35,37,38)/t23?,24-,25+,32+,49+/m0/s1. The summed E-state index contributed by atoms with van der Waals surface area (Å²) in [6.45, 7) is 0.540. The number of aliphatic hydroxyl groups excluding tert-OH is 1. The highest BCUT2D eigenvalue weighted by molar-refractivity contribution is 7.49. The molecule has 17 heteroatoms. The van der Waals surface area contributed by atoms with Gasteiger partial charge in [-0.05, 0) is 18.4 Å². The molecule has 1 aliphatic rings. The molecule has 2 aromatic heterocycles. The fourth-order valence-electron chi connectivity index (χ4n) is 5.16. The van der Waals surface area contributed by atoms with Gasteiger partial charge in [-0.15, -0.1) is 6.42 Å². The Morgan fingerprint density at radius 1 is 1.18 bits per heavy atom. The van der Waals surface area contributed by atoms with Gasteiger partial charge in [0.15, 0.2) is 29.2 Å². The summed E-state index contributed by atoms with van der Waals surface area (Å²) < 4.78 is 56.0. The normalized spacial score (nSPS) is 20.8. The van der Waals surface area contributed by atoms with Crippen LogP contribution in [0.1, 0.15) is 70.1 Å². The van der Waals surface area contributed by atoms with Crippen LogP contribution in [-0.4, -0.2) is 74.1 Å². The van der Waals surface area contributed by atoms with Crippen LogP contribution in [0.2, 0.25) is 0 Å². The first-order valence-electron chi connectivity index (χ1n) is 16.1. The molecule has 0 bridgehead atoms. The molecule has 0 radical (unpaired) electrons. The number of halogens is 1. The molecule has 1 aromatic carbocycles. The quantitative estimate of drug-likeness (QED) is 0.0533. The summed E-state index contributed by atoms with van der Waals surface area (Å²) >= 11 is 0. The molecule has 5 N–H and O–H groups in total. The number of carbonyl (C=O) groups is 2. The molecule has 3 heterocycles. The summed E-state index contributed by atoms with van der Waals surface area (Å²) in [4.78, 5) is 36.6. The summed E-state index contributed by atoms with van der Waals surface area (Å²) in [7, 11) is -4.94. The van der Waals surface area contributed by atoms with Crippen LogP contribution in [-0.2, 0) is 43.6 Å². The van der Waals surface area contributed by atoms with Gasteiger partial charge >= 0.3 is 25.8 Å². The highest BCUT2D eigenvalue weighted by Crippen LogP contribution is 2.52. The van der Waals surface area contributed by atoms with Crippen LogP contribution >= 0.6 is 7.82 Å². The van der Waals surface area contributed by atoms with E-state index in [-0.39, 0.29) is 36.4 Å². The van der Waals surface area contributed by atoms with Gasteiger partial charge in [0.2, 0.25) is 0 Å². The Bertz CT molecular complexity index is 1650. The predicted molar refractivity (Wildman–Crippen MR) is 175 cm³/mol. The van der Waals surface area contributed by atoms with Gasteiger partial charge in [0.25, 0.3) is 0 Å². The van der Waals surface area contributed by atoms with E-state index in [1.807, 2.05) is 0 Å². The molecule has 15 nitrogen and oxygen atoms in total. The van der Waals surface area contributed by atoms with Crippen molar-refractivity contribution in [3.05, 3.63) is 48.3 Å². The first-order valence-corrected chi connectivity index (χ1v) is 17.5. The Kier molecular flexibility index (Phi) is 13.6. The van der Waals surface area contributed by atoms with E-state index in [2.05, 4.69) is 27.8 Å². The second-order valence-electron chi connectivity index (χ2n) is 11.6. The molecule has 0 spiro atoms. The molecule has 0 amide bonds. The van der Waals surface area contributed by atoms with Crippen molar-refractivity contribution in [2.45, 2.75) is 88.7 Å². The van der Waals surface area contributed by atoms with Crippen LogP contribution < -0.4 is 11.5 Å². The minimum absolute atomic E-state index is 0.0266. The summed E-state index contributed by atoms with van der Waals surface area (Å²) in [6, 6.07) is 7.50. The molecule has 3 aromatic rings. The summed E-state index contributed by atoms with van der Waals surface area (Å²) in [5, 5.41) is 11.0. The Morgan fingerprint density at radius 2 is 1.90 bits per heavy atom. The minimum Gasteiger partial charge on any atom is -0.464 e. The van der Waals surface area contributed by atoms with E-state index in [9.17, 15) is 23.7 Å². The number of benzene rings is 1. The lowest BCUT2D eigenvalue weighted by Crippen LogP contribution is -2.42. The van der Waals surface area contributed by atoms with Crippen LogP contribution in [0, 0.1) is 18.4 Å². The molecule has 266 valence electrons. The molecule has 1 unspecified atom stereocenters. The third-order valence-electron chi connectivity index (χ3n) is 7.88. The van der Waals surface area contributed by atoms with Gasteiger partial charge in [0.1, 0.15) is 25.0 Å². The molecule has 1 fully saturated rings. The van der Waals surface area contributed by atoms with E-state index in [0.29, 0.717) is 12.0 Å². The SMILES string of the molecule is C#C[C@]1(CO[P@@](=O)(OCC(=O)OCCCCCCCCC)OC(=O)C(N)Cc2ccccc2)O[C@@H](n2cnc3c(N)nc(F)nc32)C[C@@H]1O. The Morgan fingerprint density at radius 3 is 2.61 bits per heavy atom. The third kappa shape index (κ3) is 10.3. The third-order valence-corrected chi connectivity index (χ3v) is 9.17. The number of ether oxygens (including phenoxy) is 2. The second-order valence-corrected chi connectivity index (χ2v) is 13.2. The van der Waals surface area contributed by atoms with E-state index in [1.54, 1.807) is 30.3 Å². The minimum atomic E-state index is -4.94. The molecule has 1 saturated heterocycles. The lowest BCUT2D eigenvalue weighted by atomic mass is 9.99. The number of nitrogens with zero attached hydrogens (tertiary/aromatic N) is 4. The average Bonchev–Trinajstić information content (AvgIpc) is 3.65. The van der Waals surface area contributed by atoms with Crippen molar-refractivity contribution >= 4 is 36.7 Å². The van der Waals surface area contributed by atoms with Crippen LogP contribution in [0.4, 0.5) is 10.2 Å². The Labute approximate surface area is 283 Å². The zero-order chi connectivity index (χ0) is 35.4. The molecule has 4 rings (SSSR count). The number of aliphatic hydroxyl groups is 1. The largest absolute Gasteiger partial charge is 0.533 e. The summed E-state index contributed by atoms with van der Waals surface area (Å²) in [6.07, 6.45) is 10.4. The van der Waals surface area contributed by atoms with Gasteiger partial charge in [-0.25, -0.2) is 19.1 Å². The zero-order valence-corrected chi connectivity index (χ0v) is 28.1. The van der Waals surface area contributed by atoms with Crippen molar-refractivity contribution in [1.82, 2.24) is 19.5 Å². The number of nitrogen functional groups attached to an aromatic ring is 1. The number of terminal acetylenes is 1. The first-order chi connectivity index (χ1) is 23.5. The van der Waals surface area contributed by atoms with Gasteiger partial charge in [0.05, 0.1) is 12.9 Å².